The Morgan fingerprint density at radius 1 is 1.30 bits per heavy atom. The molecular formula is C18H31NS. The van der Waals surface area contributed by atoms with E-state index in [4.69, 9.17) is 0 Å². The molecule has 1 N–H and O–H groups in total. The topological polar surface area (TPSA) is 12.0 Å². The highest BCUT2D eigenvalue weighted by Gasteiger charge is 2.32. The van der Waals surface area contributed by atoms with Crippen LogP contribution in [0.25, 0.3) is 0 Å². The second-order valence-electron chi connectivity index (χ2n) is 7.46. The molecule has 0 spiro atoms. The van der Waals surface area contributed by atoms with Crippen molar-refractivity contribution in [3.05, 3.63) is 21.9 Å². The molecule has 1 heterocycles. The van der Waals surface area contributed by atoms with Crippen molar-refractivity contribution in [1.82, 2.24) is 5.32 Å². The second kappa shape index (κ2) is 6.62. The Kier molecular flexibility index (Phi) is 5.30. The Balaban J connectivity index is 2.19. The van der Waals surface area contributed by atoms with Gasteiger partial charge in [-0.3, -0.25) is 0 Å². The summed E-state index contributed by atoms with van der Waals surface area (Å²) < 4.78 is 0. The van der Waals surface area contributed by atoms with E-state index >= 15 is 0 Å². The molecule has 0 bridgehead atoms. The molecule has 1 saturated carbocycles. The normalized spacial score (nSPS) is 25.1. The zero-order valence-corrected chi connectivity index (χ0v) is 14.6. The zero-order chi connectivity index (χ0) is 14.8. The molecule has 1 aliphatic carbocycles. The molecule has 0 amide bonds. The van der Waals surface area contributed by atoms with Crippen molar-refractivity contribution in [2.75, 3.05) is 6.54 Å². The fraction of sp³-hybridized carbons (Fsp3) is 0.778. The summed E-state index contributed by atoms with van der Waals surface area (Å²) in [7, 11) is 0. The van der Waals surface area contributed by atoms with Crippen molar-refractivity contribution >= 4 is 11.3 Å². The molecular weight excluding hydrogens is 262 g/mol. The van der Waals surface area contributed by atoms with Gasteiger partial charge in [0.25, 0.3) is 0 Å². The van der Waals surface area contributed by atoms with Crippen LogP contribution >= 0.6 is 11.3 Å². The molecule has 1 aromatic rings. The lowest BCUT2D eigenvalue weighted by Gasteiger charge is -2.27. The monoisotopic (exact) mass is 293 g/mol. The van der Waals surface area contributed by atoms with Crippen LogP contribution in [0.1, 0.15) is 76.1 Å². The smallest absolute Gasteiger partial charge is 0.0446 e. The lowest BCUT2D eigenvalue weighted by molar-refractivity contribution is 0.305. The third kappa shape index (κ3) is 3.65. The summed E-state index contributed by atoms with van der Waals surface area (Å²) in [6, 6.07) is 5.30. The standard InChI is InChI=1S/C18H31NS/c1-6-12-19-17(14-9-7-8-13(14)2)15-10-11-16(20-15)18(3,4)5/h10-11,13-14,17,19H,6-9,12H2,1-5H3. The quantitative estimate of drug-likeness (QED) is 0.753. The Morgan fingerprint density at radius 2 is 2.05 bits per heavy atom. The first-order chi connectivity index (χ1) is 9.43. The second-order valence-corrected chi connectivity index (χ2v) is 8.57. The number of nitrogens with one attached hydrogen (secondary N) is 1. The average molecular weight is 294 g/mol. The molecule has 1 aliphatic rings. The van der Waals surface area contributed by atoms with E-state index in [0.717, 1.165) is 18.4 Å². The maximum atomic E-state index is 3.83. The number of thiophene rings is 1. The molecule has 2 rings (SSSR count). The number of hydrogen-bond acceptors (Lipinski definition) is 2. The van der Waals surface area contributed by atoms with Crippen molar-refractivity contribution in [1.29, 1.82) is 0 Å². The van der Waals surface area contributed by atoms with Crippen LogP contribution in [0.4, 0.5) is 0 Å². The predicted octanol–water partition coefficient (Wildman–Crippen LogP) is 5.52. The van der Waals surface area contributed by atoms with Crippen LogP contribution in [0.5, 0.6) is 0 Å². The van der Waals surface area contributed by atoms with Crippen LogP contribution in [0.2, 0.25) is 0 Å². The number of rotatable bonds is 5. The Morgan fingerprint density at radius 3 is 2.55 bits per heavy atom. The van der Waals surface area contributed by atoms with Crippen molar-refractivity contribution < 1.29 is 0 Å². The maximum Gasteiger partial charge on any atom is 0.0446 e. The minimum atomic E-state index is 0.277. The summed E-state index contributed by atoms with van der Waals surface area (Å²) in [6.07, 6.45) is 5.43. The fourth-order valence-electron chi connectivity index (χ4n) is 3.36. The van der Waals surface area contributed by atoms with Gasteiger partial charge in [-0.25, -0.2) is 0 Å². The molecule has 0 aliphatic heterocycles. The molecule has 0 aromatic carbocycles. The lowest BCUT2D eigenvalue weighted by Crippen LogP contribution is -2.29. The first-order valence-electron chi connectivity index (χ1n) is 8.27. The fourth-order valence-corrected chi connectivity index (χ4v) is 4.57. The summed E-state index contributed by atoms with van der Waals surface area (Å²) in [6.45, 7) is 12.8. The molecule has 114 valence electrons. The molecule has 3 unspecified atom stereocenters. The maximum absolute atomic E-state index is 3.83. The van der Waals surface area contributed by atoms with Gasteiger partial charge in [0.15, 0.2) is 0 Å². The van der Waals surface area contributed by atoms with Crippen LogP contribution in [0, 0.1) is 11.8 Å². The first kappa shape index (κ1) is 16.0. The minimum absolute atomic E-state index is 0.277. The number of hydrogen-bond donors (Lipinski definition) is 1. The van der Waals surface area contributed by atoms with Gasteiger partial charge in [0.2, 0.25) is 0 Å². The van der Waals surface area contributed by atoms with Crippen molar-refractivity contribution in [2.45, 2.75) is 71.8 Å². The SMILES string of the molecule is CCCNC(c1ccc(C(C)(C)C)s1)C1CCCC1C. The van der Waals surface area contributed by atoms with Gasteiger partial charge in [-0.15, -0.1) is 11.3 Å². The first-order valence-corrected chi connectivity index (χ1v) is 9.08. The van der Waals surface area contributed by atoms with E-state index in [-0.39, 0.29) is 5.41 Å². The molecule has 0 radical (unpaired) electrons. The van der Waals surface area contributed by atoms with E-state index in [1.807, 2.05) is 11.3 Å². The van der Waals surface area contributed by atoms with Gasteiger partial charge in [0.05, 0.1) is 0 Å². The molecule has 2 heteroatoms. The van der Waals surface area contributed by atoms with E-state index in [0.29, 0.717) is 6.04 Å². The van der Waals surface area contributed by atoms with E-state index in [1.165, 1.54) is 30.6 Å². The Hall–Kier alpha value is -0.340. The van der Waals surface area contributed by atoms with Crippen LogP contribution < -0.4 is 5.32 Å². The zero-order valence-electron chi connectivity index (χ0n) is 13.8. The van der Waals surface area contributed by atoms with Gasteiger partial charge >= 0.3 is 0 Å². The van der Waals surface area contributed by atoms with Gasteiger partial charge in [-0.05, 0) is 48.8 Å². The van der Waals surface area contributed by atoms with Crippen molar-refractivity contribution in [2.24, 2.45) is 11.8 Å². The largest absolute Gasteiger partial charge is 0.309 e. The van der Waals surface area contributed by atoms with E-state index in [9.17, 15) is 0 Å². The summed E-state index contributed by atoms with van der Waals surface area (Å²) >= 11 is 2.02. The summed E-state index contributed by atoms with van der Waals surface area (Å²) in [5, 5.41) is 3.83. The van der Waals surface area contributed by atoms with Gasteiger partial charge in [-0.2, -0.15) is 0 Å². The van der Waals surface area contributed by atoms with Crippen molar-refractivity contribution in [3.8, 4) is 0 Å². The van der Waals surface area contributed by atoms with Crippen LogP contribution in [-0.2, 0) is 5.41 Å². The van der Waals surface area contributed by atoms with Gasteiger partial charge in [0.1, 0.15) is 0 Å². The minimum Gasteiger partial charge on any atom is -0.309 e. The van der Waals surface area contributed by atoms with Gasteiger partial charge in [0, 0.05) is 15.8 Å². The van der Waals surface area contributed by atoms with Crippen molar-refractivity contribution in [3.63, 3.8) is 0 Å². The predicted molar refractivity (Wildman–Crippen MR) is 90.6 cm³/mol. The summed E-state index contributed by atoms with van der Waals surface area (Å²) in [5.74, 6) is 1.69. The molecule has 3 atom stereocenters. The molecule has 20 heavy (non-hydrogen) atoms. The lowest BCUT2D eigenvalue weighted by atomic mass is 9.89. The van der Waals surface area contributed by atoms with Crippen LogP contribution in [-0.4, -0.2) is 6.54 Å². The Labute approximate surface area is 129 Å². The van der Waals surface area contributed by atoms with Crippen LogP contribution in [0.15, 0.2) is 12.1 Å². The third-order valence-electron chi connectivity index (χ3n) is 4.64. The summed E-state index contributed by atoms with van der Waals surface area (Å²) in [5.41, 5.74) is 0.277. The molecule has 1 nitrogen and oxygen atoms in total. The molecule has 1 aromatic heterocycles. The highest BCUT2D eigenvalue weighted by molar-refractivity contribution is 7.12. The van der Waals surface area contributed by atoms with E-state index in [1.54, 1.807) is 4.88 Å². The van der Waals surface area contributed by atoms with Gasteiger partial charge < -0.3 is 5.32 Å². The third-order valence-corrected chi connectivity index (χ3v) is 6.24. The average Bonchev–Trinajstić information content (AvgIpc) is 2.99. The Bertz CT molecular complexity index is 415. The highest BCUT2D eigenvalue weighted by Crippen LogP contribution is 2.43. The highest BCUT2D eigenvalue weighted by atomic mass is 32.1. The van der Waals surface area contributed by atoms with E-state index < -0.39 is 0 Å². The van der Waals surface area contributed by atoms with Gasteiger partial charge in [-0.1, -0.05) is 47.5 Å². The van der Waals surface area contributed by atoms with Crippen LogP contribution in [0.3, 0.4) is 0 Å². The van der Waals surface area contributed by atoms with E-state index in [2.05, 4.69) is 52.1 Å². The molecule has 0 saturated heterocycles. The molecule has 1 fully saturated rings. The summed E-state index contributed by atoms with van der Waals surface area (Å²) in [4.78, 5) is 3.07.